The number of rotatable bonds is 1. The molecule has 0 unspecified atom stereocenters. The molecule has 2 fully saturated rings. The number of carbonyl (C=O) groups excluding carboxylic acids is 2. The van der Waals surface area contributed by atoms with Gasteiger partial charge in [-0.3, -0.25) is 29.5 Å². The summed E-state index contributed by atoms with van der Waals surface area (Å²) < 4.78 is 0. The van der Waals surface area contributed by atoms with Crippen molar-refractivity contribution in [2.24, 2.45) is 5.41 Å². The second-order valence-electron chi connectivity index (χ2n) is 7.79. The maximum absolute atomic E-state index is 13.5. The maximum atomic E-state index is 13.5. The highest BCUT2D eigenvalue weighted by molar-refractivity contribution is 7.80. The molecule has 0 aromatic heterocycles. The molecule has 0 bridgehead atoms. The Balaban J connectivity index is 1.93. The van der Waals surface area contributed by atoms with Gasteiger partial charge in [0.15, 0.2) is 10.5 Å². The SMILES string of the molecule is CN1C(=O)C2(Cc3cc([N+](=O)[O-])ccc3N3CCCCC[C@H]32)C(=O)N(C)C1=S. The van der Waals surface area contributed by atoms with Crippen LogP contribution < -0.4 is 4.90 Å². The van der Waals surface area contributed by atoms with E-state index in [1.165, 1.54) is 21.9 Å². The monoisotopic (exact) mass is 402 g/mol. The molecule has 9 heteroatoms. The van der Waals surface area contributed by atoms with E-state index >= 15 is 0 Å². The van der Waals surface area contributed by atoms with E-state index in [2.05, 4.69) is 4.90 Å². The molecule has 0 saturated carbocycles. The zero-order chi connectivity index (χ0) is 20.2. The van der Waals surface area contributed by atoms with Gasteiger partial charge in [0.2, 0.25) is 11.8 Å². The molecule has 0 N–H and O–H groups in total. The molecule has 28 heavy (non-hydrogen) atoms. The number of fused-ring (bicyclic) bond motifs is 4. The lowest BCUT2D eigenvalue weighted by Gasteiger charge is -2.53. The number of hydrogen-bond acceptors (Lipinski definition) is 6. The van der Waals surface area contributed by atoms with E-state index in [0.29, 0.717) is 5.56 Å². The van der Waals surface area contributed by atoms with Crippen LogP contribution in [0.3, 0.4) is 0 Å². The third-order valence-corrected chi connectivity index (χ3v) is 6.87. The van der Waals surface area contributed by atoms with Crippen LogP contribution in [0.1, 0.15) is 31.2 Å². The van der Waals surface area contributed by atoms with Crippen LogP contribution in [0.25, 0.3) is 0 Å². The summed E-state index contributed by atoms with van der Waals surface area (Å²) in [6.07, 6.45) is 3.79. The fourth-order valence-corrected chi connectivity index (χ4v) is 5.13. The van der Waals surface area contributed by atoms with Crippen LogP contribution in [-0.4, -0.2) is 58.3 Å². The molecule has 2 saturated heterocycles. The average molecular weight is 402 g/mol. The van der Waals surface area contributed by atoms with E-state index in [-0.39, 0.29) is 35.1 Å². The zero-order valence-corrected chi connectivity index (χ0v) is 16.7. The quantitative estimate of drug-likeness (QED) is 0.309. The number of nitro benzene ring substituents is 1. The van der Waals surface area contributed by atoms with Crippen molar-refractivity contribution in [1.29, 1.82) is 0 Å². The molecular weight excluding hydrogens is 380 g/mol. The Morgan fingerprint density at radius 1 is 1.14 bits per heavy atom. The van der Waals surface area contributed by atoms with Gasteiger partial charge in [0.1, 0.15) is 0 Å². The minimum atomic E-state index is -1.31. The lowest BCUT2D eigenvalue weighted by atomic mass is 9.67. The summed E-state index contributed by atoms with van der Waals surface area (Å²) in [6, 6.07) is 4.48. The molecule has 148 valence electrons. The summed E-state index contributed by atoms with van der Waals surface area (Å²) in [6.45, 7) is 0.718. The highest BCUT2D eigenvalue weighted by atomic mass is 32.1. The van der Waals surface area contributed by atoms with E-state index in [9.17, 15) is 19.7 Å². The smallest absolute Gasteiger partial charge is 0.269 e. The van der Waals surface area contributed by atoms with Gasteiger partial charge in [0.05, 0.1) is 11.0 Å². The van der Waals surface area contributed by atoms with Crippen molar-refractivity contribution in [3.05, 3.63) is 33.9 Å². The van der Waals surface area contributed by atoms with Crippen LogP contribution in [0.5, 0.6) is 0 Å². The Morgan fingerprint density at radius 2 is 1.82 bits per heavy atom. The van der Waals surface area contributed by atoms with Gasteiger partial charge >= 0.3 is 0 Å². The molecule has 3 aliphatic rings. The fourth-order valence-electron chi connectivity index (χ4n) is 4.96. The highest BCUT2D eigenvalue weighted by Gasteiger charge is 2.62. The first-order valence-electron chi connectivity index (χ1n) is 9.43. The molecule has 2 amide bonds. The van der Waals surface area contributed by atoms with E-state index in [1.807, 2.05) is 0 Å². The van der Waals surface area contributed by atoms with Crippen molar-refractivity contribution in [1.82, 2.24) is 9.80 Å². The minimum absolute atomic E-state index is 0.0323. The first-order valence-corrected chi connectivity index (χ1v) is 9.84. The van der Waals surface area contributed by atoms with Crippen molar-refractivity contribution < 1.29 is 14.5 Å². The third-order valence-electron chi connectivity index (χ3n) is 6.32. The standard InChI is InChI=1S/C19H22N4O4S/c1-20-16(24)19(17(25)21(2)18(20)28)11-12-10-13(23(26)27)7-8-14(12)22-9-5-3-4-6-15(19)22/h7-8,10,15H,3-6,9,11H2,1-2H3/t15-/m0/s1. The summed E-state index contributed by atoms with van der Waals surface area (Å²) in [5.41, 5.74) is 0.221. The number of nitrogens with zero attached hydrogens (tertiary/aromatic N) is 4. The van der Waals surface area contributed by atoms with Crippen LogP contribution in [0.15, 0.2) is 18.2 Å². The molecule has 1 aromatic rings. The van der Waals surface area contributed by atoms with Crippen molar-refractivity contribution in [2.75, 3.05) is 25.5 Å². The van der Waals surface area contributed by atoms with Gasteiger partial charge in [0.25, 0.3) is 5.69 Å². The average Bonchev–Trinajstić information content (AvgIpc) is 2.95. The van der Waals surface area contributed by atoms with Gasteiger partial charge < -0.3 is 4.90 Å². The topological polar surface area (TPSA) is 87.0 Å². The first-order chi connectivity index (χ1) is 13.3. The molecule has 8 nitrogen and oxygen atoms in total. The van der Waals surface area contributed by atoms with Crippen molar-refractivity contribution in [3.8, 4) is 0 Å². The summed E-state index contributed by atoms with van der Waals surface area (Å²) in [5, 5.41) is 11.5. The molecule has 3 aliphatic heterocycles. The predicted molar refractivity (Wildman–Crippen MR) is 107 cm³/mol. The largest absolute Gasteiger partial charge is 0.367 e. The summed E-state index contributed by atoms with van der Waals surface area (Å²) >= 11 is 5.27. The number of amides is 2. The van der Waals surface area contributed by atoms with E-state index in [4.69, 9.17) is 12.2 Å². The molecule has 1 atom stereocenters. The van der Waals surface area contributed by atoms with Gasteiger partial charge in [-0.15, -0.1) is 0 Å². The molecule has 0 aliphatic carbocycles. The second kappa shape index (κ2) is 6.51. The predicted octanol–water partition coefficient (Wildman–Crippen LogP) is 2.10. The maximum Gasteiger partial charge on any atom is 0.269 e. The van der Waals surface area contributed by atoms with E-state index in [0.717, 1.165) is 37.9 Å². The number of benzene rings is 1. The Hall–Kier alpha value is -2.55. The summed E-state index contributed by atoms with van der Waals surface area (Å²) in [7, 11) is 3.19. The molecule has 4 rings (SSSR count). The zero-order valence-electron chi connectivity index (χ0n) is 15.9. The third kappa shape index (κ3) is 2.45. The lowest BCUT2D eigenvalue weighted by molar-refractivity contribution is -0.384. The minimum Gasteiger partial charge on any atom is -0.367 e. The van der Waals surface area contributed by atoms with E-state index < -0.39 is 10.3 Å². The Kier molecular flexibility index (Phi) is 4.37. The van der Waals surface area contributed by atoms with Gasteiger partial charge in [-0.2, -0.15) is 0 Å². The number of non-ortho nitro benzene ring substituents is 1. The number of nitro groups is 1. The Bertz CT molecular complexity index is 878. The number of anilines is 1. The van der Waals surface area contributed by atoms with Crippen molar-refractivity contribution in [3.63, 3.8) is 0 Å². The van der Waals surface area contributed by atoms with Gasteiger partial charge in [-0.1, -0.05) is 12.8 Å². The van der Waals surface area contributed by atoms with E-state index in [1.54, 1.807) is 20.2 Å². The number of carbonyl (C=O) groups is 2. The fraction of sp³-hybridized carbons (Fsp3) is 0.526. The number of thiocarbonyl (C=S) groups is 1. The number of hydrogen-bond donors (Lipinski definition) is 0. The first kappa shape index (κ1) is 18.8. The summed E-state index contributed by atoms with van der Waals surface area (Å²) in [5.74, 6) is -0.621. The van der Waals surface area contributed by atoms with Crippen molar-refractivity contribution >= 4 is 40.5 Å². The Labute approximate surface area is 168 Å². The summed E-state index contributed by atoms with van der Waals surface area (Å²) in [4.78, 5) is 42.7. The van der Waals surface area contributed by atoms with Gasteiger partial charge in [0, 0.05) is 44.9 Å². The molecular formula is C19H22N4O4S. The van der Waals surface area contributed by atoms with Crippen LogP contribution in [-0.2, 0) is 16.0 Å². The molecule has 1 spiro atoms. The normalized spacial score (nSPS) is 24.1. The van der Waals surface area contributed by atoms with Crippen LogP contribution in [0.4, 0.5) is 11.4 Å². The molecule has 1 aromatic carbocycles. The van der Waals surface area contributed by atoms with Crippen LogP contribution in [0, 0.1) is 15.5 Å². The highest BCUT2D eigenvalue weighted by Crippen LogP contribution is 2.48. The van der Waals surface area contributed by atoms with Crippen LogP contribution in [0.2, 0.25) is 0 Å². The lowest BCUT2D eigenvalue weighted by Crippen LogP contribution is -2.71. The van der Waals surface area contributed by atoms with Crippen LogP contribution >= 0.6 is 12.2 Å². The van der Waals surface area contributed by atoms with Crippen molar-refractivity contribution in [2.45, 2.75) is 38.1 Å². The molecule has 0 radical (unpaired) electrons. The van der Waals surface area contributed by atoms with Gasteiger partial charge in [-0.05, 0) is 36.7 Å². The van der Waals surface area contributed by atoms with Gasteiger partial charge in [-0.25, -0.2) is 0 Å². The Morgan fingerprint density at radius 3 is 2.46 bits per heavy atom. The second-order valence-corrected chi connectivity index (χ2v) is 8.15. The molecule has 3 heterocycles.